The first-order valence-electron chi connectivity index (χ1n) is 7.52. The van der Waals surface area contributed by atoms with Crippen LogP contribution in [0.25, 0.3) is 11.0 Å². The maximum Gasteiger partial charge on any atom is 0.227 e. The lowest BCUT2D eigenvalue weighted by Gasteiger charge is -2.17. The predicted molar refractivity (Wildman–Crippen MR) is 87.6 cm³/mol. The van der Waals surface area contributed by atoms with E-state index in [2.05, 4.69) is 20.4 Å². The van der Waals surface area contributed by atoms with Crippen LogP contribution in [0, 0.1) is 0 Å². The molecule has 0 saturated carbocycles. The molecule has 1 fully saturated rings. The first kappa shape index (κ1) is 13.7. The van der Waals surface area contributed by atoms with Gasteiger partial charge in [-0.2, -0.15) is 5.10 Å². The lowest BCUT2D eigenvalue weighted by Crippen LogP contribution is -2.23. The number of anilines is 3. The van der Waals surface area contributed by atoms with Gasteiger partial charge in [0.05, 0.1) is 11.6 Å². The van der Waals surface area contributed by atoms with Crippen LogP contribution in [0.5, 0.6) is 0 Å². The first-order valence-corrected chi connectivity index (χ1v) is 7.52. The zero-order valence-electron chi connectivity index (χ0n) is 12.7. The van der Waals surface area contributed by atoms with Gasteiger partial charge in [-0.3, -0.25) is 9.48 Å². The second kappa shape index (κ2) is 5.35. The molecule has 0 atom stereocenters. The molecule has 3 aromatic rings. The highest BCUT2D eigenvalue weighted by atomic mass is 16.2. The summed E-state index contributed by atoms with van der Waals surface area (Å²) in [6.45, 7) is 0.780. The largest absolute Gasteiger partial charge is 0.339 e. The van der Waals surface area contributed by atoms with Crippen molar-refractivity contribution in [2.45, 2.75) is 12.8 Å². The van der Waals surface area contributed by atoms with Gasteiger partial charge < -0.3 is 10.2 Å². The molecule has 0 radical (unpaired) electrons. The second-order valence-electron chi connectivity index (χ2n) is 5.55. The number of aryl methyl sites for hydroxylation is 1. The SMILES string of the molecule is Cn1ncc2c(Nc3cccc(N4CCCC4=O)c3)ncnc21. The molecular formula is C16H16N6O. The summed E-state index contributed by atoms with van der Waals surface area (Å²) in [6, 6.07) is 7.81. The Morgan fingerprint density at radius 1 is 1.26 bits per heavy atom. The van der Waals surface area contributed by atoms with E-state index in [1.807, 2.05) is 36.2 Å². The van der Waals surface area contributed by atoms with Crippen molar-refractivity contribution in [1.29, 1.82) is 0 Å². The Balaban J connectivity index is 1.67. The monoisotopic (exact) mass is 308 g/mol. The van der Waals surface area contributed by atoms with Gasteiger partial charge in [-0.25, -0.2) is 9.97 Å². The molecule has 1 saturated heterocycles. The van der Waals surface area contributed by atoms with Crippen molar-refractivity contribution in [3.63, 3.8) is 0 Å². The highest BCUT2D eigenvalue weighted by Gasteiger charge is 2.21. The second-order valence-corrected chi connectivity index (χ2v) is 5.55. The highest BCUT2D eigenvalue weighted by molar-refractivity contribution is 5.96. The fraction of sp³-hybridized carbons (Fsp3) is 0.250. The molecule has 7 heteroatoms. The molecule has 0 bridgehead atoms. The number of aromatic nitrogens is 4. The van der Waals surface area contributed by atoms with Crippen LogP contribution in [0.2, 0.25) is 0 Å². The summed E-state index contributed by atoms with van der Waals surface area (Å²) < 4.78 is 1.71. The number of hydrogen-bond acceptors (Lipinski definition) is 5. The van der Waals surface area contributed by atoms with Crippen LogP contribution in [0.15, 0.2) is 36.8 Å². The summed E-state index contributed by atoms with van der Waals surface area (Å²) in [5, 5.41) is 8.37. The van der Waals surface area contributed by atoms with E-state index in [-0.39, 0.29) is 5.91 Å². The highest BCUT2D eigenvalue weighted by Crippen LogP contribution is 2.27. The number of carbonyl (C=O) groups is 1. The van der Waals surface area contributed by atoms with Gasteiger partial charge in [0.15, 0.2) is 5.65 Å². The van der Waals surface area contributed by atoms with Crippen LogP contribution in [0.1, 0.15) is 12.8 Å². The smallest absolute Gasteiger partial charge is 0.227 e. The van der Waals surface area contributed by atoms with Crippen molar-refractivity contribution in [2.24, 2.45) is 7.05 Å². The van der Waals surface area contributed by atoms with E-state index in [0.717, 1.165) is 35.4 Å². The van der Waals surface area contributed by atoms with E-state index in [1.54, 1.807) is 10.9 Å². The molecule has 0 unspecified atom stereocenters. The van der Waals surface area contributed by atoms with Gasteiger partial charge >= 0.3 is 0 Å². The molecule has 1 aromatic carbocycles. The number of fused-ring (bicyclic) bond motifs is 1. The quantitative estimate of drug-likeness (QED) is 0.803. The third-order valence-corrected chi connectivity index (χ3v) is 4.02. The van der Waals surface area contributed by atoms with Crippen LogP contribution in [-0.4, -0.2) is 32.2 Å². The minimum Gasteiger partial charge on any atom is -0.339 e. The lowest BCUT2D eigenvalue weighted by molar-refractivity contribution is -0.117. The number of rotatable bonds is 3. The number of nitrogens with zero attached hydrogens (tertiary/aromatic N) is 5. The molecule has 2 aromatic heterocycles. The Labute approximate surface area is 133 Å². The van der Waals surface area contributed by atoms with Crippen LogP contribution in [-0.2, 0) is 11.8 Å². The Morgan fingerprint density at radius 2 is 2.17 bits per heavy atom. The van der Waals surface area contributed by atoms with Crippen molar-refractivity contribution >= 4 is 34.1 Å². The first-order chi connectivity index (χ1) is 11.2. The van der Waals surface area contributed by atoms with Crippen molar-refractivity contribution in [2.75, 3.05) is 16.8 Å². The minimum absolute atomic E-state index is 0.179. The predicted octanol–water partition coefficient (Wildman–Crippen LogP) is 2.23. The van der Waals surface area contributed by atoms with Gasteiger partial charge in [0, 0.05) is 31.4 Å². The molecular weight excluding hydrogens is 292 g/mol. The van der Waals surface area contributed by atoms with Crippen LogP contribution in [0.4, 0.5) is 17.2 Å². The summed E-state index contributed by atoms with van der Waals surface area (Å²) in [7, 11) is 1.85. The van der Waals surface area contributed by atoms with Crippen molar-refractivity contribution in [3.8, 4) is 0 Å². The molecule has 0 aliphatic carbocycles. The Kier molecular flexibility index (Phi) is 3.18. The normalized spacial score (nSPS) is 14.7. The van der Waals surface area contributed by atoms with Gasteiger partial charge in [-0.05, 0) is 24.6 Å². The van der Waals surface area contributed by atoms with E-state index in [1.165, 1.54) is 6.33 Å². The summed E-state index contributed by atoms with van der Waals surface area (Å²) in [5.41, 5.74) is 2.56. The van der Waals surface area contributed by atoms with Gasteiger partial charge in [-0.15, -0.1) is 0 Å². The molecule has 3 heterocycles. The van der Waals surface area contributed by atoms with Gasteiger partial charge in [0.2, 0.25) is 5.91 Å². The Bertz CT molecular complexity index is 887. The number of benzene rings is 1. The molecule has 1 amide bonds. The number of hydrogen-bond donors (Lipinski definition) is 1. The average molecular weight is 308 g/mol. The number of carbonyl (C=O) groups excluding carboxylic acids is 1. The third-order valence-electron chi connectivity index (χ3n) is 4.02. The maximum absolute atomic E-state index is 11.9. The van der Waals surface area contributed by atoms with E-state index < -0.39 is 0 Å². The van der Waals surface area contributed by atoms with Gasteiger partial charge in [0.1, 0.15) is 12.1 Å². The fourth-order valence-electron chi connectivity index (χ4n) is 2.87. The van der Waals surface area contributed by atoms with Crippen molar-refractivity contribution < 1.29 is 4.79 Å². The molecule has 1 aliphatic heterocycles. The van der Waals surface area contributed by atoms with E-state index in [4.69, 9.17) is 0 Å². The third kappa shape index (κ3) is 2.40. The zero-order chi connectivity index (χ0) is 15.8. The molecule has 0 spiro atoms. The minimum atomic E-state index is 0.179. The van der Waals surface area contributed by atoms with Crippen LogP contribution < -0.4 is 10.2 Å². The summed E-state index contributed by atoms with van der Waals surface area (Å²) in [5.74, 6) is 0.881. The maximum atomic E-state index is 11.9. The molecule has 116 valence electrons. The Hall–Kier alpha value is -2.96. The molecule has 1 aliphatic rings. The molecule has 23 heavy (non-hydrogen) atoms. The number of nitrogens with one attached hydrogen (secondary N) is 1. The van der Waals surface area contributed by atoms with E-state index in [0.29, 0.717) is 12.2 Å². The Morgan fingerprint density at radius 3 is 3.00 bits per heavy atom. The summed E-state index contributed by atoms with van der Waals surface area (Å²) in [6.07, 6.45) is 4.80. The van der Waals surface area contributed by atoms with Crippen molar-refractivity contribution in [1.82, 2.24) is 19.7 Å². The van der Waals surface area contributed by atoms with Gasteiger partial charge in [0.25, 0.3) is 0 Å². The average Bonchev–Trinajstić information content (AvgIpc) is 3.15. The molecule has 7 nitrogen and oxygen atoms in total. The van der Waals surface area contributed by atoms with E-state index >= 15 is 0 Å². The van der Waals surface area contributed by atoms with Crippen molar-refractivity contribution in [3.05, 3.63) is 36.8 Å². The summed E-state index contributed by atoms with van der Waals surface area (Å²) >= 11 is 0. The lowest BCUT2D eigenvalue weighted by atomic mass is 10.2. The summed E-state index contributed by atoms with van der Waals surface area (Å²) in [4.78, 5) is 22.3. The topological polar surface area (TPSA) is 75.9 Å². The molecule has 4 rings (SSSR count). The van der Waals surface area contributed by atoms with Crippen LogP contribution >= 0.6 is 0 Å². The zero-order valence-corrected chi connectivity index (χ0v) is 12.7. The van der Waals surface area contributed by atoms with Crippen LogP contribution in [0.3, 0.4) is 0 Å². The van der Waals surface area contributed by atoms with E-state index in [9.17, 15) is 4.79 Å². The molecule has 1 N–H and O–H groups in total. The number of amides is 1. The fourth-order valence-corrected chi connectivity index (χ4v) is 2.87. The standard InChI is InChI=1S/C16H16N6O/c1-21-16-13(9-19-21)15(17-10-18-16)20-11-4-2-5-12(8-11)22-7-3-6-14(22)23/h2,4-5,8-10H,3,6-7H2,1H3,(H,17,18,20). The van der Waals surface area contributed by atoms with Gasteiger partial charge in [-0.1, -0.05) is 6.07 Å².